The van der Waals surface area contributed by atoms with Gasteiger partial charge < -0.3 is 19.3 Å². The summed E-state index contributed by atoms with van der Waals surface area (Å²) in [7, 11) is -2.12. The molecular weight excluding hydrogens is 531 g/mol. The van der Waals surface area contributed by atoms with Gasteiger partial charge in [0.2, 0.25) is 14.1 Å². The second-order valence-corrected chi connectivity index (χ2v) is 15.6. The van der Waals surface area contributed by atoms with Gasteiger partial charge in [-0.15, -0.1) is 0 Å². The van der Waals surface area contributed by atoms with Crippen molar-refractivity contribution in [3.63, 3.8) is 0 Å². The van der Waals surface area contributed by atoms with E-state index in [1.807, 2.05) is 6.07 Å². The first-order chi connectivity index (χ1) is 15.4. The fraction of sp³-hybridized carbons (Fsp3) is 0.522. The highest BCUT2D eigenvalue weighted by atomic mass is 79.9. The van der Waals surface area contributed by atoms with Crippen LogP contribution in [-0.4, -0.2) is 24.8 Å². The van der Waals surface area contributed by atoms with Crippen LogP contribution in [0.2, 0.25) is 21.8 Å². The van der Waals surface area contributed by atoms with Crippen LogP contribution in [0.5, 0.6) is 5.75 Å². The number of nitro groups is 1. The lowest BCUT2D eigenvalue weighted by molar-refractivity contribution is -0.390. The van der Waals surface area contributed by atoms with Gasteiger partial charge in [0.25, 0.3) is 5.15 Å². The molecule has 0 atom stereocenters. The first kappa shape index (κ1) is 27.7. The topological polar surface area (TPSA) is 74.5 Å². The minimum Gasteiger partial charge on any atom is -0.485 e. The van der Waals surface area contributed by atoms with Gasteiger partial charge in [0.05, 0.1) is 17.7 Å². The number of hydrogen-bond donors (Lipinski definition) is 0. The summed E-state index contributed by atoms with van der Waals surface area (Å²) in [6.45, 7) is 13.6. The quantitative estimate of drug-likeness (QED) is 0.121. The van der Waals surface area contributed by atoms with Crippen molar-refractivity contribution in [3.8, 4) is 5.75 Å². The van der Waals surface area contributed by atoms with Crippen molar-refractivity contribution in [2.75, 3.05) is 6.61 Å². The predicted molar refractivity (Wildman–Crippen MR) is 135 cm³/mol. The molecule has 1 aromatic heterocycles. The number of nitrogens with zero attached hydrogens (tertiary/aromatic N) is 2. The van der Waals surface area contributed by atoms with Crippen molar-refractivity contribution in [1.82, 2.24) is 4.98 Å². The van der Waals surface area contributed by atoms with Gasteiger partial charge in [-0.1, -0.05) is 53.7 Å². The number of benzene rings is 1. The summed E-state index contributed by atoms with van der Waals surface area (Å²) in [5, 5.41) is 11.3. The smallest absolute Gasteiger partial charge is 0.407 e. The summed E-state index contributed by atoms with van der Waals surface area (Å²) in [4.78, 5) is 14.4. The van der Waals surface area contributed by atoms with Gasteiger partial charge in [0.1, 0.15) is 5.82 Å². The highest BCUT2D eigenvalue weighted by molar-refractivity contribution is 9.10. The maximum Gasteiger partial charge on any atom is 0.407 e. The van der Waals surface area contributed by atoms with Gasteiger partial charge in [-0.05, 0) is 71.3 Å². The lowest BCUT2D eigenvalue weighted by Crippen LogP contribution is -2.47. The average molecular weight is 562 g/mol. The maximum atomic E-state index is 14.8. The van der Waals surface area contributed by atoms with Crippen molar-refractivity contribution < 1.29 is 18.5 Å². The Morgan fingerprint density at radius 3 is 2.33 bits per heavy atom. The SMILES string of the molecule is CC(C)[Si](OCc1cccc(F)c1CCOc1cc(Br)c(Cl)nc1[N+](=O)[O-])(C(C)C)C(C)C. The summed E-state index contributed by atoms with van der Waals surface area (Å²) in [5.41, 5.74) is 2.49. The number of rotatable bonds is 11. The van der Waals surface area contributed by atoms with E-state index in [1.165, 1.54) is 12.1 Å². The molecule has 0 spiro atoms. The molecule has 1 aromatic carbocycles. The molecule has 0 aliphatic heterocycles. The zero-order chi connectivity index (χ0) is 24.9. The summed E-state index contributed by atoms with van der Waals surface area (Å²) in [5.74, 6) is -0.867. The molecule has 0 unspecified atom stereocenters. The number of halogens is 3. The Hall–Kier alpha value is -1.55. The zero-order valence-corrected chi connectivity index (χ0v) is 23.2. The minimum absolute atomic E-state index is 0.0312. The molecular formula is C23H31BrClFN2O4Si. The van der Waals surface area contributed by atoms with Crippen molar-refractivity contribution in [1.29, 1.82) is 0 Å². The Kier molecular flexibility index (Phi) is 9.84. The number of aromatic nitrogens is 1. The molecule has 0 N–H and O–H groups in total. The van der Waals surface area contributed by atoms with Crippen LogP contribution in [0, 0.1) is 15.9 Å². The molecule has 2 rings (SSSR count). The highest BCUT2D eigenvalue weighted by Crippen LogP contribution is 2.43. The van der Waals surface area contributed by atoms with E-state index < -0.39 is 19.1 Å². The van der Waals surface area contributed by atoms with Crippen LogP contribution in [0.15, 0.2) is 28.7 Å². The van der Waals surface area contributed by atoms with E-state index in [1.54, 1.807) is 6.07 Å². The first-order valence-electron chi connectivity index (χ1n) is 10.9. The van der Waals surface area contributed by atoms with E-state index in [0.29, 0.717) is 33.3 Å². The van der Waals surface area contributed by atoms with E-state index in [0.717, 1.165) is 5.56 Å². The van der Waals surface area contributed by atoms with Crippen molar-refractivity contribution in [2.24, 2.45) is 0 Å². The molecule has 0 fully saturated rings. The van der Waals surface area contributed by atoms with Gasteiger partial charge in [-0.3, -0.25) is 0 Å². The Morgan fingerprint density at radius 2 is 1.79 bits per heavy atom. The summed E-state index contributed by atoms with van der Waals surface area (Å²) < 4.78 is 27.4. The van der Waals surface area contributed by atoms with Gasteiger partial charge in [0, 0.05) is 12.5 Å². The van der Waals surface area contributed by atoms with Crippen LogP contribution in [0.1, 0.15) is 52.7 Å². The third kappa shape index (κ3) is 6.32. The third-order valence-corrected chi connectivity index (χ3v) is 13.2. The highest BCUT2D eigenvalue weighted by Gasteiger charge is 2.45. The fourth-order valence-corrected chi connectivity index (χ4v) is 10.5. The average Bonchev–Trinajstić information content (AvgIpc) is 2.71. The molecule has 0 saturated carbocycles. The first-order valence-corrected chi connectivity index (χ1v) is 14.3. The Bertz CT molecular complexity index is 969. The lowest BCUT2D eigenvalue weighted by Gasteiger charge is -2.42. The van der Waals surface area contributed by atoms with Crippen LogP contribution in [0.25, 0.3) is 0 Å². The van der Waals surface area contributed by atoms with E-state index in [4.69, 9.17) is 20.8 Å². The molecule has 0 aliphatic rings. The van der Waals surface area contributed by atoms with Crippen molar-refractivity contribution in [3.05, 3.63) is 60.9 Å². The van der Waals surface area contributed by atoms with Crippen LogP contribution in [0.3, 0.4) is 0 Å². The largest absolute Gasteiger partial charge is 0.485 e. The number of ether oxygens (including phenoxy) is 1. The predicted octanol–water partition coefficient (Wildman–Crippen LogP) is 7.86. The van der Waals surface area contributed by atoms with E-state index in [-0.39, 0.29) is 29.7 Å². The molecule has 0 radical (unpaired) electrons. The second-order valence-electron chi connectivity index (χ2n) is 8.92. The molecule has 6 nitrogen and oxygen atoms in total. The summed E-state index contributed by atoms with van der Waals surface area (Å²) in [6.07, 6.45) is 0.225. The molecule has 1 heterocycles. The Labute approximate surface area is 209 Å². The van der Waals surface area contributed by atoms with Crippen LogP contribution in [0.4, 0.5) is 10.2 Å². The maximum absolute atomic E-state index is 14.8. The van der Waals surface area contributed by atoms with Crippen molar-refractivity contribution >= 4 is 41.7 Å². The zero-order valence-electron chi connectivity index (χ0n) is 19.8. The molecule has 182 valence electrons. The molecule has 0 aliphatic carbocycles. The summed E-state index contributed by atoms with van der Waals surface area (Å²) >= 11 is 9.05. The van der Waals surface area contributed by atoms with Crippen molar-refractivity contribution in [2.45, 2.75) is 71.2 Å². The molecule has 2 aromatic rings. The molecule has 0 saturated heterocycles. The van der Waals surface area contributed by atoms with Gasteiger partial charge in [0.15, 0.2) is 0 Å². The van der Waals surface area contributed by atoms with Crippen LogP contribution in [-0.2, 0) is 17.5 Å². The minimum atomic E-state index is -2.12. The lowest BCUT2D eigenvalue weighted by atomic mass is 10.0. The molecule has 10 heteroatoms. The third-order valence-electron chi connectivity index (χ3n) is 6.06. The summed E-state index contributed by atoms with van der Waals surface area (Å²) in [6, 6.07) is 6.33. The molecule has 0 amide bonds. The van der Waals surface area contributed by atoms with E-state index in [2.05, 4.69) is 62.5 Å². The standard InChI is InChI=1S/C23H31BrClFN2O4Si/c1-14(2)33(15(3)4,16(5)6)32-13-17-8-7-9-20(26)18(17)10-11-31-21-12-19(24)22(25)27-23(21)28(29)30/h7-9,12,14-16H,10-11,13H2,1-6H3. The van der Waals surface area contributed by atoms with E-state index in [9.17, 15) is 14.5 Å². The van der Waals surface area contributed by atoms with Gasteiger partial charge in [-0.2, -0.15) is 0 Å². The number of hydrogen-bond acceptors (Lipinski definition) is 5. The second kappa shape index (κ2) is 11.7. The van der Waals surface area contributed by atoms with Gasteiger partial charge in [-0.25, -0.2) is 4.39 Å². The fourth-order valence-electron chi connectivity index (χ4n) is 4.66. The van der Waals surface area contributed by atoms with E-state index >= 15 is 0 Å². The van der Waals surface area contributed by atoms with Gasteiger partial charge >= 0.3 is 5.82 Å². The van der Waals surface area contributed by atoms with Crippen LogP contribution >= 0.6 is 27.5 Å². The Morgan fingerprint density at radius 1 is 1.18 bits per heavy atom. The molecule has 0 bridgehead atoms. The molecule has 33 heavy (non-hydrogen) atoms. The normalized spacial score (nSPS) is 12.1. The monoisotopic (exact) mass is 560 g/mol. The number of pyridine rings is 1. The van der Waals surface area contributed by atoms with Crippen LogP contribution < -0.4 is 4.74 Å². The Balaban J connectivity index is 2.23.